The van der Waals surface area contributed by atoms with E-state index in [2.05, 4.69) is 12.2 Å². The van der Waals surface area contributed by atoms with Crippen LogP contribution in [0.5, 0.6) is 0 Å². The van der Waals surface area contributed by atoms with E-state index in [-0.39, 0.29) is 17.0 Å². The van der Waals surface area contributed by atoms with E-state index in [9.17, 15) is 0 Å². The molecule has 0 aromatic heterocycles. The average molecular weight is 180 g/mol. The van der Waals surface area contributed by atoms with Crippen molar-refractivity contribution in [2.45, 2.75) is 32.2 Å². The van der Waals surface area contributed by atoms with E-state index < -0.39 is 0 Å². The fraction of sp³-hybridized carbons (Fsp3) is 1.00. The van der Waals surface area contributed by atoms with Gasteiger partial charge < -0.3 is 22.3 Å². The first kappa shape index (κ1) is 8.44. The molecule has 0 unspecified atom stereocenters. The number of hydrogen-bond donors (Lipinski definition) is 1. The topological polar surface area (TPSA) is 16.6 Å². The smallest absolute Gasteiger partial charge is 0.0830 e. The first-order valence-corrected chi connectivity index (χ1v) is 3.23. The molecule has 0 radical (unpaired) electrons. The molecule has 1 fully saturated rings. The summed E-state index contributed by atoms with van der Waals surface area (Å²) in [7, 11) is 0. The maximum absolute atomic E-state index is 2.43. The van der Waals surface area contributed by atoms with Gasteiger partial charge in [0.25, 0.3) is 0 Å². The molecule has 1 saturated heterocycles. The Kier molecular flexibility index (Phi) is 4.57. The molecule has 2 heteroatoms. The van der Waals surface area contributed by atoms with Crippen LogP contribution in [0.3, 0.4) is 0 Å². The summed E-state index contributed by atoms with van der Waals surface area (Å²) in [5, 5.41) is 2.43. The van der Waals surface area contributed by atoms with Crippen LogP contribution in [0.1, 0.15) is 26.2 Å². The molecule has 50 valence electrons. The maximum Gasteiger partial charge on any atom is 0.0830 e. The van der Waals surface area contributed by atoms with E-state index in [1.54, 1.807) is 0 Å². The molecule has 1 heterocycles. The highest BCUT2D eigenvalue weighted by Crippen LogP contribution is 1.98. The minimum atomic E-state index is 0. The van der Waals surface area contributed by atoms with Crippen LogP contribution in [0.2, 0.25) is 0 Å². The lowest BCUT2D eigenvalue weighted by Crippen LogP contribution is -3.00. The summed E-state index contributed by atoms with van der Waals surface area (Å²) in [6.45, 7) is 3.67. The zero-order valence-electron chi connectivity index (χ0n) is 5.36. The van der Waals surface area contributed by atoms with Crippen LogP contribution in [-0.2, 0) is 0 Å². The Morgan fingerprint density at radius 2 is 2.12 bits per heavy atom. The van der Waals surface area contributed by atoms with E-state index in [1.165, 1.54) is 25.8 Å². The SMILES string of the molecule is C[C@H]1CCCC[NH2+]1.[Br-]. The van der Waals surface area contributed by atoms with Gasteiger partial charge in [-0.15, -0.1) is 0 Å². The summed E-state index contributed by atoms with van der Waals surface area (Å²) in [6, 6.07) is 0.911. The second kappa shape index (κ2) is 4.33. The Labute approximate surface area is 61.6 Å². The Bertz CT molecular complexity index is 50.5. The van der Waals surface area contributed by atoms with Gasteiger partial charge in [0.15, 0.2) is 0 Å². The van der Waals surface area contributed by atoms with Crippen LogP contribution in [-0.4, -0.2) is 12.6 Å². The van der Waals surface area contributed by atoms with E-state index >= 15 is 0 Å². The number of quaternary nitrogens is 1. The second-order valence-electron chi connectivity index (χ2n) is 2.50. The zero-order chi connectivity index (χ0) is 5.11. The summed E-state index contributed by atoms with van der Waals surface area (Å²) in [5.74, 6) is 0. The monoisotopic (exact) mass is 179 g/mol. The van der Waals surface area contributed by atoms with Gasteiger partial charge in [-0.05, 0) is 26.2 Å². The Morgan fingerprint density at radius 1 is 1.38 bits per heavy atom. The molecule has 0 amide bonds. The predicted octanol–water partition coefficient (Wildman–Crippen LogP) is -2.87. The van der Waals surface area contributed by atoms with Crippen LogP contribution in [0.4, 0.5) is 0 Å². The number of nitrogens with two attached hydrogens (primary N) is 1. The van der Waals surface area contributed by atoms with Gasteiger partial charge >= 0.3 is 0 Å². The summed E-state index contributed by atoms with van der Waals surface area (Å²) in [5.41, 5.74) is 0. The lowest BCUT2D eigenvalue weighted by molar-refractivity contribution is -0.694. The molecule has 8 heavy (non-hydrogen) atoms. The third kappa shape index (κ3) is 2.68. The molecule has 1 atom stereocenters. The van der Waals surface area contributed by atoms with Gasteiger partial charge in [-0.25, -0.2) is 0 Å². The highest BCUT2D eigenvalue weighted by Gasteiger charge is 2.08. The van der Waals surface area contributed by atoms with Crippen molar-refractivity contribution >= 4 is 0 Å². The van der Waals surface area contributed by atoms with Gasteiger partial charge in [-0.3, -0.25) is 0 Å². The number of halogens is 1. The minimum Gasteiger partial charge on any atom is -1.00 e. The zero-order valence-corrected chi connectivity index (χ0v) is 6.95. The van der Waals surface area contributed by atoms with Crippen LogP contribution in [0.25, 0.3) is 0 Å². The van der Waals surface area contributed by atoms with E-state index in [4.69, 9.17) is 0 Å². The van der Waals surface area contributed by atoms with Gasteiger partial charge in [0, 0.05) is 0 Å². The van der Waals surface area contributed by atoms with Crippen molar-refractivity contribution in [1.29, 1.82) is 0 Å². The first-order chi connectivity index (χ1) is 3.39. The lowest BCUT2D eigenvalue weighted by atomic mass is 10.1. The molecule has 0 aromatic carbocycles. The summed E-state index contributed by atoms with van der Waals surface area (Å²) < 4.78 is 0. The molecular formula is C6H14BrN. The fourth-order valence-electron chi connectivity index (χ4n) is 1.13. The molecule has 2 N–H and O–H groups in total. The molecule has 0 saturated carbocycles. The second-order valence-corrected chi connectivity index (χ2v) is 2.50. The van der Waals surface area contributed by atoms with Crippen molar-refractivity contribution in [3.63, 3.8) is 0 Å². The van der Waals surface area contributed by atoms with E-state index in [0.717, 1.165) is 6.04 Å². The number of piperidine rings is 1. The average Bonchev–Trinajstić information content (AvgIpc) is 1.69. The third-order valence-electron chi connectivity index (χ3n) is 1.68. The molecular weight excluding hydrogens is 166 g/mol. The highest BCUT2D eigenvalue weighted by atomic mass is 79.9. The van der Waals surface area contributed by atoms with Crippen molar-refractivity contribution < 1.29 is 22.3 Å². The van der Waals surface area contributed by atoms with Crippen molar-refractivity contribution in [2.75, 3.05) is 6.54 Å². The quantitative estimate of drug-likeness (QED) is 0.412. The van der Waals surface area contributed by atoms with Crippen LogP contribution in [0, 0.1) is 0 Å². The van der Waals surface area contributed by atoms with Crippen molar-refractivity contribution in [1.82, 2.24) is 0 Å². The Morgan fingerprint density at radius 3 is 2.38 bits per heavy atom. The largest absolute Gasteiger partial charge is 1.00 e. The summed E-state index contributed by atoms with van der Waals surface area (Å²) in [4.78, 5) is 0. The molecule has 0 aliphatic carbocycles. The first-order valence-electron chi connectivity index (χ1n) is 3.23. The number of hydrogen-bond acceptors (Lipinski definition) is 0. The predicted molar refractivity (Wildman–Crippen MR) is 30.1 cm³/mol. The van der Waals surface area contributed by atoms with Gasteiger partial charge in [0.05, 0.1) is 12.6 Å². The van der Waals surface area contributed by atoms with Crippen molar-refractivity contribution in [3.05, 3.63) is 0 Å². The lowest BCUT2D eigenvalue weighted by Gasteiger charge is -2.14. The molecule has 1 aliphatic rings. The van der Waals surface area contributed by atoms with Crippen LogP contribution >= 0.6 is 0 Å². The molecule has 1 aliphatic heterocycles. The van der Waals surface area contributed by atoms with Gasteiger partial charge in [0.1, 0.15) is 0 Å². The van der Waals surface area contributed by atoms with Gasteiger partial charge in [-0.1, -0.05) is 0 Å². The normalized spacial score (nSPS) is 28.9. The molecule has 0 aromatic rings. The standard InChI is InChI=1S/C6H13N.BrH/c1-6-4-2-3-5-7-6;/h6-7H,2-5H2,1H3;1H/t6-;/m0./s1. The molecule has 0 bridgehead atoms. The van der Waals surface area contributed by atoms with Crippen LogP contribution in [0.15, 0.2) is 0 Å². The molecule has 1 nitrogen and oxygen atoms in total. The van der Waals surface area contributed by atoms with Gasteiger partial charge in [0.2, 0.25) is 0 Å². The Hall–Kier alpha value is 0.440. The highest BCUT2D eigenvalue weighted by molar-refractivity contribution is 4.50. The van der Waals surface area contributed by atoms with Crippen LogP contribution < -0.4 is 22.3 Å². The van der Waals surface area contributed by atoms with E-state index in [0.29, 0.717) is 0 Å². The Balaban J connectivity index is 0.000000490. The summed E-state index contributed by atoms with van der Waals surface area (Å²) >= 11 is 0. The number of rotatable bonds is 0. The fourth-order valence-corrected chi connectivity index (χ4v) is 1.13. The molecule has 1 rings (SSSR count). The maximum atomic E-state index is 2.43. The van der Waals surface area contributed by atoms with Crippen molar-refractivity contribution in [2.24, 2.45) is 0 Å². The minimum absolute atomic E-state index is 0. The van der Waals surface area contributed by atoms with Gasteiger partial charge in [-0.2, -0.15) is 0 Å². The summed E-state index contributed by atoms with van der Waals surface area (Å²) in [6.07, 6.45) is 4.32. The third-order valence-corrected chi connectivity index (χ3v) is 1.68. The molecule has 0 spiro atoms. The van der Waals surface area contributed by atoms with E-state index in [1.807, 2.05) is 0 Å². The van der Waals surface area contributed by atoms with Crippen molar-refractivity contribution in [3.8, 4) is 0 Å².